The Bertz CT molecular complexity index is 431. The molecule has 0 spiro atoms. The van der Waals surface area contributed by atoms with E-state index in [1.807, 2.05) is 6.92 Å². The van der Waals surface area contributed by atoms with E-state index in [4.69, 9.17) is 4.74 Å². The Balaban J connectivity index is 2.77. The minimum absolute atomic E-state index is 0.0325. The van der Waals surface area contributed by atoms with Gasteiger partial charge in [-0.2, -0.15) is 0 Å². The summed E-state index contributed by atoms with van der Waals surface area (Å²) < 4.78 is 5.11. The Morgan fingerprint density at radius 1 is 1.53 bits per heavy atom. The van der Waals surface area contributed by atoms with Crippen molar-refractivity contribution >= 4 is 11.6 Å². The van der Waals surface area contributed by atoms with Crippen LogP contribution in [0.4, 0.5) is 5.82 Å². The fourth-order valence-corrected chi connectivity index (χ4v) is 1.28. The summed E-state index contributed by atoms with van der Waals surface area (Å²) in [6.45, 7) is 3.38. The lowest BCUT2D eigenvalue weighted by Crippen LogP contribution is -2.11. The Morgan fingerprint density at radius 2 is 2.24 bits per heavy atom. The quantitative estimate of drug-likeness (QED) is 0.559. The summed E-state index contributed by atoms with van der Waals surface area (Å²) in [5.41, 5.74) is 0.531. The van der Waals surface area contributed by atoms with Crippen molar-refractivity contribution < 1.29 is 14.5 Å². The Labute approximate surface area is 98.8 Å². The average Bonchev–Trinajstić information content (AvgIpc) is 2.27. The van der Waals surface area contributed by atoms with E-state index in [0.717, 1.165) is 6.42 Å². The largest absolute Gasteiger partial charge is 0.478 e. The Morgan fingerprint density at radius 3 is 2.82 bits per heavy atom. The molecule has 17 heavy (non-hydrogen) atoms. The number of Topliss-reactive ketones (excluding diaryl/α,β-unsaturated/α-hetero) is 1. The highest BCUT2D eigenvalue weighted by atomic mass is 16.6. The van der Waals surface area contributed by atoms with Crippen LogP contribution in [0.3, 0.4) is 0 Å². The van der Waals surface area contributed by atoms with E-state index in [1.165, 1.54) is 6.07 Å². The van der Waals surface area contributed by atoms with Gasteiger partial charge in [0.1, 0.15) is 12.3 Å². The first-order valence-electron chi connectivity index (χ1n) is 5.31. The molecule has 0 saturated heterocycles. The number of nitro groups is 1. The zero-order valence-electron chi connectivity index (χ0n) is 9.80. The van der Waals surface area contributed by atoms with E-state index in [-0.39, 0.29) is 24.0 Å². The molecule has 1 heterocycles. The van der Waals surface area contributed by atoms with Crippen molar-refractivity contribution in [1.82, 2.24) is 4.98 Å². The number of ether oxygens (including phenoxy) is 1. The number of aromatic nitrogens is 1. The predicted molar refractivity (Wildman–Crippen MR) is 61.0 cm³/mol. The molecule has 0 aliphatic heterocycles. The van der Waals surface area contributed by atoms with Crippen LogP contribution in [-0.2, 0) is 4.79 Å². The minimum atomic E-state index is -0.618. The molecule has 6 nitrogen and oxygen atoms in total. The summed E-state index contributed by atoms with van der Waals surface area (Å²) in [6, 6.07) is 3.06. The maximum Gasteiger partial charge on any atom is 0.406 e. The number of ketones is 1. The summed E-state index contributed by atoms with van der Waals surface area (Å²) in [7, 11) is 0. The van der Waals surface area contributed by atoms with Gasteiger partial charge in [-0.15, -0.1) is 0 Å². The molecular weight excluding hydrogens is 224 g/mol. The van der Waals surface area contributed by atoms with Crippen molar-refractivity contribution in [3.63, 3.8) is 0 Å². The molecule has 0 radical (unpaired) electrons. The van der Waals surface area contributed by atoms with Gasteiger partial charge in [-0.25, -0.2) is 0 Å². The molecule has 0 aliphatic carbocycles. The van der Waals surface area contributed by atoms with Gasteiger partial charge in [-0.1, -0.05) is 6.92 Å². The van der Waals surface area contributed by atoms with Crippen molar-refractivity contribution in [2.24, 2.45) is 0 Å². The van der Waals surface area contributed by atoms with Crippen LogP contribution in [0.1, 0.15) is 25.5 Å². The number of hydrogen-bond donors (Lipinski definition) is 0. The van der Waals surface area contributed by atoms with Crippen LogP contribution in [-0.4, -0.2) is 22.3 Å². The van der Waals surface area contributed by atoms with E-state index in [0.29, 0.717) is 12.1 Å². The Kier molecular flexibility index (Phi) is 4.56. The molecule has 0 aliphatic rings. The second kappa shape index (κ2) is 5.93. The topological polar surface area (TPSA) is 82.3 Å². The standard InChI is InChI=1S/C11H14N2O4/c1-3-4-9(14)7-17-10-6-5-8(2)12-11(10)13(15)16/h5-6H,3-4,7H2,1-2H3. The van der Waals surface area contributed by atoms with Crippen LogP contribution in [0.25, 0.3) is 0 Å². The fourth-order valence-electron chi connectivity index (χ4n) is 1.28. The van der Waals surface area contributed by atoms with E-state index in [2.05, 4.69) is 4.98 Å². The van der Waals surface area contributed by atoms with E-state index in [9.17, 15) is 14.9 Å². The summed E-state index contributed by atoms with van der Waals surface area (Å²) >= 11 is 0. The molecule has 0 saturated carbocycles. The Hall–Kier alpha value is -1.98. The molecule has 1 rings (SSSR count). The molecule has 0 atom stereocenters. The van der Waals surface area contributed by atoms with Crippen LogP contribution in [0.2, 0.25) is 0 Å². The molecule has 0 bridgehead atoms. The molecule has 0 unspecified atom stereocenters. The van der Waals surface area contributed by atoms with Crippen LogP contribution in [0.5, 0.6) is 5.75 Å². The number of hydrogen-bond acceptors (Lipinski definition) is 5. The van der Waals surface area contributed by atoms with E-state index < -0.39 is 4.92 Å². The van der Waals surface area contributed by atoms with Gasteiger partial charge in [0, 0.05) is 13.3 Å². The summed E-state index contributed by atoms with van der Waals surface area (Å²) in [5, 5.41) is 10.7. The normalized spacial score (nSPS) is 10.0. The third-order valence-corrected chi connectivity index (χ3v) is 2.07. The van der Waals surface area contributed by atoms with Crippen molar-refractivity contribution in [1.29, 1.82) is 0 Å². The van der Waals surface area contributed by atoms with Gasteiger partial charge >= 0.3 is 5.82 Å². The number of nitrogens with zero attached hydrogens (tertiary/aromatic N) is 2. The number of rotatable bonds is 6. The molecule has 0 aromatic carbocycles. The van der Waals surface area contributed by atoms with Crippen LogP contribution in [0, 0.1) is 17.0 Å². The van der Waals surface area contributed by atoms with Gasteiger partial charge in [0.15, 0.2) is 5.78 Å². The van der Waals surface area contributed by atoms with Gasteiger partial charge < -0.3 is 14.9 Å². The molecular formula is C11H14N2O4. The number of carbonyl (C=O) groups excluding carboxylic acids is 1. The fraction of sp³-hybridized carbons (Fsp3) is 0.455. The van der Waals surface area contributed by atoms with Gasteiger partial charge in [-0.05, 0) is 28.5 Å². The zero-order valence-corrected chi connectivity index (χ0v) is 9.80. The van der Waals surface area contributed by atoms with Gasteiger partial charge in [0.25, 0.3) is 0 Å². The molecule has 0 N–H and O–H groups in total. The monoisotopic (exact) mass is 238 g/mol. The maximum absolute atomic E-state index is 11.2. The second-order valence-corrected chi connectivity index (χ2v) is 3.61. The second-order valence-electron chi connectivity index (χ2n) is 3.61. The van der Waals surface area contributed by atoms with E-state index in [1.54, 1.807) is 13.0 Å². The number of pyridine rings is 1. The van der Waals surface area contributed by atoms with Crippen molar-refractivity contribution in [2.45, 2.75) is 26.7 Å². The highest BCUT2D eigenvalue weighted by molar-refractivity contribution is 5.79. The molecule has 0 fully saturated rings. The molecule has 0 amide bonds. The lowest BCUT2D eigenvalue weighted by molar-refractivity contribution is -0.390. The first-order valence-corrected chi connectivity index (χ1v) is 5.31. The van der Waals surface area contributed by atoms with Crippen LogP contribution >= 0.6 is 0 Å². The SMILES string of the molecule is CCCC(=O)COc1ccc(C)nc1[N+](=O)[O-]. The summed E-state index contributed by atoms with van der Waals surface area (Å²) in [6.07, 6.45) is 1.14. The van der Waals surface area contributed by atoms with Crippen LogP contribution in [0.15, 0.2) is 12.1 Å². The van der Waals surface area contributed by atoms with Gasteiger partial charge in [0.2, 0.25) is 5.75 Å². The highest BCUT2D eigenvalue weighted by Crippen LogP contribution is 2.24. The predicted octanol–water partition coefficient (Wildman–Crippen LogP) is 2.05. The average molecular weight is 238 g/mol. The molecule has 6 heteroatoms. The zero-order chi connectivity index (χ0) is 12.8. The number of aryl methyl sites for hydroxylation is 1. The minimum Gasteiger partial charge on any atom is -0.478 e. The lowest BCUT2D eigenvalue weighted by Gasteiger charge is -2.05. The van der Waals surface area contributed by atoms with Crippen molar-refractivity contribution in [3.8, 4) is 5.75 Å². The van der Waals surface area contributed by atoms with Crippen molar-refractivity contribution in [2.75, 3.05) is 6.61 Å². The molecule has 92 valence electrons. The van der Waals surface area contributed by atoms with Crippen molar-refractivity contribution in [3.05, 3.63) is 27.9 Å². The highest BCUT2D eigenvalue weighted by Gasteiger charge is 2.18. The summed E-state index contributed by atoms with van der Waals surface area (Å²) in [5.74, 6) is -0.401. The number of carbonyl (C=O) groups is 1. The molecule has 1 aromatic heterocycles. The maximum atomic E-state index is 11.2. The first-order chi connectivity index (χ1) is 8.04. The third-order valence-electron chi connectivity index (χ3n) is 2.07. The molecule has 1 aromatic rings. The van der Waals surface area contributed by atoms with E-state index >= 15 is 0 Å². The smallest absolute Gasteiger partial charge is 0.406 e. The summed E-state index contributed by atoms with van der Waals surface area (Å²) in [4.78, 5) is 25.1. The van der Waals surface area contributed by atoms with Gasteiger partial charge in [-0.3, -0.25) is 4.79 Å². The van der Waals surface area contributed by atoms with Crippen LogP contribution < -0.4 is 4.74 Å². The van der Waals surface area contributed by atoms with Gasteiger partial charge in [0.05, 0.1) is 0 Å². The first kappa shape index (κ1) is 13.1. The third kappa shape index (κ3) is 3.82. The lowest BCUT2D eigenvalue weighted by atomic mass is 10.2.